The Hall–Kier alpha value is -1.02. The fourth-order valence-corrected chi connectivity index (χ4v) is 1.55. The molecule has 0 amide bonds. The van der Waals surface area contributed by atoms with Gasteiger partial charge in [-0.3, -0.25) is 4.79 Å². The van der Waals surface area contributed by atoms with Crippen LogP contribution in [0.5, 0.6) is 5.75 Å². The van der Waals surface area contributed by atoms with Crippen LogP contribution in [-0.2, 0) is 4.79 Å². The van der Waals surface area contributed by atoms with Crippen LogP contribution >= 0.6 is 11.6 Å². The highest BCUT2D eigenvalue weighted by Gasteiger charge is 2.12. The summed E-state index contributed by atoms with van der Waals surface area (Å²) in [6.45, 7) is 4.16. The van der Waals surface area contributed by atoms with Crippen molar-refractivity contribution in [2.75, 3.05) is 6.61 Å². The third-order valence-electron chi connectivity index (χ3n) is 2.47. The van der Waals surface area contributed by atoms with E-state index in [0.717, 1.165) is 12.8 Å². The normalized spacial score (nSPS) is 12.2. The maximum absolute atomic E-state index is 11.6. The minimum atomic E-state index is 0.0808. The van der Waals surface area contributed by atoms with Gasteiger partial charge in [-0.15, -0.1) is 0 Å². The molecule has 0 saturated heterocycles. The summed E-state index contributed by atoms with van der Waals surface area (Å²) in [5, 5.41) is 0.665. The average Bonchev–Trinajstić information content (AvgIpc) is 2.28. The molecule has 1 aromatic carbocycles. The van der Waals surface area contributed by atoms with Crippen LogP contribution in [0.15, 0.2) is 24.3 Å². The zero-order valence-electron chi connectivity index (χ0n) is 9.70. The van der Waals surface area contributed by atoms with E-state index >= 15 is 0 Å². The monoisotopic (exact) mass is 240 g/mol. The van der Waals surface area contributed by atoms with Crippen LogP contribution in [0.2, 0.25) is 5.02 Å². The lowest BCUT2D eigenvalue weighted by Gasteiger charge is -2.10. The van der Waals surface area contributed by atoms with Gasteiger partial charge in [0.15, 0.2) is 5.78 Å². The summed E-state index contributed by atoms with van der Waals surface area (Å²) < 4.78 is 5.38. The molecule has 0 fully saturated rings. The Balaban J connectivity index is 2.39. The van der Waals surface area contributed by atoms with Gasteiger partial charge in [0.1, 0.15) is 12.4 Å². The van der Waals surface area contributed by atoms with Crippen molar-refractivity contribution in [1.29, 1.82) is 0 Å². The van der Waals surface area contributed by atoms with Gasteiger partial charge in [0, 0.05) is 10.9 Å². The van der Waals surface area contributed by atoms with Crippen molar-refractivity contribution in [2.24, 2.45) is 5.92 Å². The van der Waals surface area contributed by atoms with Gasteiger partial charge < -0.3 is 4.74 Å². The zero-order chi connectivity index (χ0) is 12.0. The van der Waals surface area contributed by atoms with Gasteiger partial charge in [0.25, 0.3) is 0 Å². The van der Waals surface area contributed by atoms with Crippen molar-refractivity contribution in [3.05, 3.63) is 29.3 Å². The molecule has 1 rings (SSSR count). The van der Waals surface area contributed by atoms with Gasteiger partial charge in [-0.05, 0) is 30.7 Å². The predicted molar refractivity (Wildman–Crippen MR) is 66.0 cm³/mol. The second-order valence-electron chi connectivity index (χ2n) is 3.90. The minimum Gasteiger partial charge on any atom is -0.486 e. The molecule has 0 spiro atoms. The van der Waals surface area contributed by atoms with Crippen LogP contribution in [0.1, 0.15) is 26.7 Å². The number of Topliss-reactive ketones (excluding diaryl/α,β-unsaturated/α-hetero) is 1. The molecule has 0 aliphatic carbocycles. The molecule has 0 N–H and O–H groups in total. The van der Waals surface area contributed by atoms with Gasteiger partial charge in [0.05, 0.1) is 0 Å². The van der Waals surface area contributed by atoms with Crippen LogP contribution in [0, 0.1) is 5.92 Å². The molecule has 0 bridgehead atoms. The van der Waals surface area contributed by atoms with E-state index in [4.69, 9.17) is 16.3 Å². The number of benzene rings is 1. The van der Waals surface area contributed by atoms with Crippen molar-refractivity contribution >= 4 is 17.4 Å². The Morgan fingerprint density at radius 2 is 2.00 bits per heavy atom. The van der Waals surface area contributed by atoms with E-state index in [-0.39, 0.29) is 18.3 Å². The molecule has 0 aliphatic heterocycles. The Labute approximate surface area is 102 Å². The third kappa shape index (κ3) is 4.23. The van der Waals surface area contributed by atoms with Gasteiger partial charge >= 0.3 is 0 Å². The van der Waals surface area contributed by atoms with Crippen LogP contribution < -0.4 is 4.74 Å². The first kappa shape index (κ1) is 13.0. The third-order valence-corrected chi connectivity index (χ3v) is 2.72. The number of ketones is 1. The SMILES string of the molecule is CCCC(C)C(=O)COc1ccc(Cl)cc1. The molecule has 88 valence electrons. The van der Waals surface area contributed by atoms with Crippen molar-refractivity contribution < 1.29 is 9.53 Å². The maximum atomic E-state index is 11.6. The lowest BCUT2D eigenvalue weighted by atomic mass is 10.0. The summed E-state index contributed by atoms with van der Waals surface area (Å²) >= 11 is 5.74. The average molecular weight is 241 g/mol. The van der Waals surface area contributed by atoms with Crippen molar-refractivity contribution in [2.45, 2.75) is 26.7 Å². The van der Waals surface area contributed by atoms with Crippen molar-refractivity contribution in [3.63, 3.8) is 0 Å². The summed E-state index contributed by atoms with van der Waals surface area (Å²) in [7, 11) is 0. The first-order valence-corrected chi connectivity index (χ1v) is 5.92. The second-order valence-corrected chi connectivity index (χ2v) is 4.34. The highest BCUT2D eigenvalue weighted by molar-refractivity contribution is 6.30. The first-order valence-electron chi connectivity index (χ1n) is 5.54. The molecule has 16 heavy (non-hydrogen) atoms. The summed E-state index contributed by atoms with van der Waals surface area (Å²) in [5.41, 5.74) is 0. The highest BCUT2D eigenvalue weighted by Crippen LogP contribution is 2.16. The number of hydrogen-bond donors (Lipinski definition) is 0. The molecular weight excluding hydrogens is 224 g/mol. The Morgan fingerprint density at radius 1 is 1.38 bits per heavy atom. The molecule has 0 aromatic heterocycles. The maximum Gasteiger partial charge on any atom is 0.172 e. The Bertz CT molecular complexity index is 332. The highest BCUT2D eigenvalue weighted by atomic mass is 35.5. The number of hydrogen-bond acceptors (Lipinski definition) is 2. The summed E-state index contributed by atoms with van der Waals surface area (Å²) in [6.07, 6.45) is 1.94. The number of halogens is 1. The molecule has 0 radical (unpaired) electrons. The number of carbonyl (C=O) groups excluding carboxylic acids is 1. The smallest absolute Gasteiger partial charge is 0.172 e. The number of carbonyl (C=O) groups is 1. The minimum absolute atomic E-state index is 0.0808. The zero-order valence-corrected chi connectivity index (χ0v) is 10.5. The summed E-state index contributed by atoms with van der Waals surface area (Å²) in [5.74, 6) is 0.913. The fraction of sp³-hybridized carbons (Fsp3) is 0.462. The van der Waals surface area contributed by atoms with E-state index in [0.29, 0.717) is 10.8 Å². The Kier molecular flexibility index (Phi) is 5.33. The lowest BCUT2D eigenvalue weighted by molar-refractivity contribution is -0.124. The van der Waals surface area contributed by atoms with Gasteiger partial charge in [-0.1, -0.05) is 31.9 Å². The van der Waals surface area contributed by atoms with E-state index in [1.54, 1.807) is 24.3 Å². The molecule has 1 unspecified atom stereocenters. The van der Waals surface area contributed by atoms with E-state index < -0.39 is 0 Å². The Morgan fingerprint density at radius 3 is 2.56 bits per heavy atom. The van der Waals surface area contributed by atoms with Crippen LogP contribution in [-0.4, -0.2) is 12.4 Å². The topological polar surface area (TPSA) is 26.3 Å². The molecule has 0 saturated carbocycles. The second kappa shape index (κ2) is 6.54. The largest absolute Gasteiger partial charge is 0.486 e. The van der Waals surface area contributed by atoms with E-state index in [1.165, 1.54) is 0 Å². The standard InChI is InChI=1S/C13H17ClO2/c1-3-4-10(2)13(15)9-16-12-7-5-11(14)6-8-12/h5-8,10H,3-4,9H2,1-2H3. The summed E-state index contributed by atoms with van der Waals surface area (Å²) in [6, 6.07) is 7.02. The van der Waals surface area contributed by atoms with E-state index in [2.05, 4.69) is 6.92 Å². The molecular formula is C13H17ClO2. The summed E-state index contributed by atoms with van der Waals surface area (Å²) in [4.78, 5) is 11.6. The number of rotatable bonds is 6. The molecule has 1 atom stereocenters. The van der Waals surface area contributed by atoms with E-state index in [1.807, 2.05) is 6.92 Å². The molecule has 1 aromatic rings. The lowest BCUT2D eigenvalue weighted by Crippen LogP contribution is -2.19. The predicted octanol–water partition coefficient (Wildman–Crippen LogP) is 3.72. The molecule has 2 nitrogen and oxygen atoms in total. The first-order chi connectivity index (χ1) is 7.63. The number of ether oxygens (including phenoxy) is 1. The van der Waals surface area contributed by atoms with Crippen molar-refractivity contribution in [1.82, 2.24) is 0 Å². The van der Waals surface area contributed by atoms with Crippen molar-refractivity contribution in [3.8, 4) is 5.75 Å². The van der Waals surface area contributed by atoms with Crippen LogP contribution in [0.25, 0.3) is 0 Å². The fourth-order valence-electron chi connectivity index (χ4n) is 1.42. The molecule has 3 heteroatoms. The van der Waals surface area contributed by atoms with Gasteiger partial charge in [-0.25, -0.2) is 0 Å². The van der Waals surface area contributed by atoms with E-state index in [9.17, 15) is 4.79 Å². The van der Waals surface area contributed by atoms with Crippen LogP contribution in [0.4, 0.5) is 0 Å². The molecule has 0 aliphatic rings. The van der Waals surface area contributed by atoms with Crippen LogP contribution in [0.3, 0.4) is 0 Å². The quantitative estimate of drug-likeness (QED) is 0.758. The van der Waals surface area contributed by atoms with Gasteiger partial charge in [-0.2, -0.15) is 0 Å². The molecule has 0 heterocycles. The van der Waals surface area contributed by atoms with Gasteiger partial charge in [0.2, 0.25) is 0 Å².